The minimum atomic E-state index is -0.736. The zero-order valence-corrected chi connectivity index (χ0v) is 18.3. The maximum absolute atomic E-state index is 12.2. The first kappa shape index (κ1) is 23.0. The molecular weight excluding hydrogens is 416 g/mol. The average Bonchev–Trinajstić information content (AvgIpc) is 2.96. The molecule has 1 aliphatic heterocycles. The molecule has 7 nitrogen and oxygen atoms in total. The molecule has 164 valence electrons. The average molecular weight is 443 g/mol. The number of fused-ring (bicyclic) bond motifs is 1. The highest BCUT2D eigenvalue weighted by Crippen LogP contribution is 2.47. The fraction of sp³-hybridized carbons (Fsp3) is 0.348. The highest BCUT2D eigenvalue weighted by molar-refractivity contribution is 7.99. The second-order valence-corrected chi connectivity index (χ2v) is 9.05. The van der Waals surface area contributed by atoms with Crippen molar-refractivity contribution in [2.24, 2.45) is 0 Å². The van der Waals surface area contributed by atoms with Gasteiger partial charge < -0.3 is 15.1 Å². The van der Waals surface area contributed by atoms with Crippen molar-refractivity contribution in [3.8, 4) is 0 Å². The zero-order chi connectivity index (χ0) is 22.6. The van der Waals surface area contributed by atoms with Gasteiger partial charge in [-0.05, 0) is 29.9 Å². The fourth-order valence-corrected chi connectivity index (χ4v) is 4.61. The van der Waals surface area contributed by atoms with Crippen LogP contribution in [0.4, 0.5) is 5.69 Å². The van der Waals surface area contributed by atoms with Crippen molar-refractivity contribution in [3.63, 3.8) is 0 Å². The monoisotopic (exact) mass is 442 g/mol. The molecule has 1 heterocycles. The molecule has 1 aromatic carbocycles. The summed E-state index contributed by atoms with van der Waals surface area (Å²) in [6.07, 6.45) is 6.51. The van der Waals surface area contributed by atoms with Crippen molar-refractivity contribution in [1.82, 2.24) is 0 Å². The maximum Gasteiger partial charge on any atom is 0.270 e. The summed E-state index contributed by atoms with van der Waals surface area (Å²) in [7, 11) is 0. The molecule has 8 heteroatoms. The van der Waals surface area contributed by atoms with Crippen molar-refractivity contribution in [2.75, 3.05) is 29.6 Å². The van der Waals surface area contributed by atoms with Crippen LogP contribution >= 0.6 is 11.8 Å². The first-order valence-corrected chi connectivity index (χ1v) is 11.2. The molecule has 1 atom stereocenters. The number of rotatable bonds is 8. The van der Waals surface area contributed by atoms with Gasteiger partial charge in [0.2, 0.25) is 0 Å². The van der Waals surface area contributed by atoms with Gasteiger partial charge in [-0.1, -0.05) is 32.0 Å². The summed E-state index contributed by atoms with van der Waals surface area (Å²) >= 11 is 1.56. The van der Waals surface area contributed by atoms with E-state index in [1.807, 2.05) is 18.2 Å². The van der Waals surface area contributed by atoms with E-state index < -0.39 is 11.0 Å². The number of para-hydroxylation sites is 1. The van der Waals surface area contributed by atoms with Gasteiger partial charge in [-0.3, -0.25) is 14.9 Å². The summed E-state index contributed by atoms with van der Waals surface area (Å²) in [6.45, 7) is 4.65. The standard InChI is InChI=1S/C23H26N2O5S/c1-23(2)19-5-3-4-6-20(19)24(11-12-31-15-18(27)14-26)22(23)10-7-16-13-17(25(29)30)8-9-21(16)28/h3-10,13,18,26-27H,11-12,14-15H2,1-2H3/b16-7-,22-10+. The molecule has 0 fully saturated rings. The van der Waals surface area contributed by atoms with Crippen LogP contribution in [0.1, 0.15) is 19.4 Å². The Kier molecular flexibility index (Phi) is 7.15. The first-order chi connectivity index (χ1) is 14.8. The Balaban J connectivity index is 1.91. The SMILES string of the molecule is CC1(C)/C(=C\C=C2\C=C([N+](=O)[O-])C=CC2=O)N(CCSCC(O)CO)c2ccccc21. The van der Waals surface area contributed by atoms with Crippen molar-refractivity contribution < 1.29 is 19.9 Å². The molecule has 0 saturated heterocycles. The van der Waals surface area contributed by atoms with E-state index in [0.29, 0.717) is 12.3 Å². The van der Waals surface area contributed by atoms with Gasteiger partial charge in [-0.15, -0.1) is 0 Å². The van der Waals surface area contributed by atoms with Crippen LogP contribution in [-0.4, -0.2) is 51.7 Å². The highest BCUT2D eigenvalue weighted by atomic mass is 32.2. The number of hydrogen-bond acceptors (Lipinski definition) is 7. The third-order valence-electron chi connectivity index (χ3n) is 5.40. The summed E-state index contributed by atoms with van der Waals surface area (Å²) in [5, 5.41) is 29.6. The van der Waals surface area contributed by atoms with Crippen molar-refractivity contribution in [3.05, 3.63) is 87.3 Å². The molecule has 1 aromatic rings. The van der Waals surface area contributed by atoms with Gasteiger partial charge in [-0.2, -0.15) is 11.8 Å². The van der Waals surface area contributed by atoms with Gasteiger partial charge in [0, 0.05) is 52.6 Å². The number of thioether (sulfide) groups is 1. The minimum absolute atomic E-state index is 0.117. The number of aliphatic hydroxyl groups excluding tert-OH is 2. The summed E-state index contributed by atoms with van der Waals surface area (Å²) in [4.78, 5) is 25.0. The Morgan fingerprint density at radius 2 is 2.00 bits per heavy atom. The largest absolute Gasteiger partial charge is 0.394 e. The lowest BCUT2D eigenvalue weighted by molar-refractivity contribution is -0.419. The first-order valence-electron chi connectivity index (χ1n) is 10.0. The summed E-state index contributed by atoms with van der Waals surface area (Å²) in [5.74, 6) is 0.923. The number of benzene rings is 1. The predicted octanol–water partition coefficient (Wildman–Crippen LogP) is 2.98. The molecule has 0 radical (unpaired) electrons. The number of nitrogens with zero attached hydrogens (tertiary/aromatic N) is 2. The van der Waals surface area contributed by atoms with Crippen LogP contribution in [0.2, 0.25) is 0 Å². The molecule has 1 aliphatic carbocycles. The van der Waals surface area contributed by atoms with Crippen LogP contribution in [0.25, 0.3) is 0 Å². The number of aliphatic hydroxyl groups is 2. The van der Waals surface area contributed by atoms with E-state index in [2.05, 4.69) is 30.9 Å². The van der Waals surface area contributed by atoms with Gasteiger partial charge in [0.15, 0.2) is 5.78 Å². The number of allylic oxidation sites excluding steroid dienone is 7. The quantitative estimate of drug-likeness (QED) is 0.276. The summed E-state index contributed by atoms with van der Waals surface area (Å²) in [5.41, 5.74) is 3.07. The van der Waals surface area contributed by atoms with Crippen LogP contribution in [0.3, 0.4) is 0 Å². The Bertz CT molecular complexity index is 993. The van der Waals surface area contributed by atoms with E-state index in [0.717, 1.165) is 22.7 Å². The van der Waals surface area contributed by atoms with Gasteiger partial charge in [0.05, 0.1) is 17.6 Å². The molecule has 0 bridgehead atoms. The molecule has 3 rings (SSSR count). The Hall–Kier alpha value is -2.68. The van der Waals surface area contributed by atoms with E-state index in [1.54, 1.807) is 17.8 Å². The molecule has 2 N–H and O–H groups in total. The minimum Gasteiger partial charge on any atom is -0.394 e. The third kappa shape index (κ3) is 4.98. The maximum atomic E-state index is 12.2. The normalized spacial score (nSPS) is 20.8. The van der Waals surface area contributed by atoms with E-state index in [4.69, 9.17) is 5.11 Å². The number of anilines is 1. The summed E-state index contributed by atoms with van der Waals surface area (Å²) < 4.78 is 0. The number of ketones is 1. The zero-order valence-electron chi connectivity index (χ0n) is 17.5. The third-order valence-corrected chi connectivity index (χ3v) is 6.50. The lowest BCUT2D eigenvalue weighted by Crippen LogP contribution is -2.28. The van der Waals surface area contributed by atoms with Crippen molar-refractivity contribution >= 4 is 23.2 Å². The number of hydrogen-bond donors (Lipinski definition) is 2. The number of nitro groups is 1. The van der Waals surface area contributed by atoms with Crippen LogP contribution in [-0.2, 0) is 10.2 Å². The highest BCUT2D eigenvalue weighted by Gasteiger charge is 2.39. The lowest BCUT2D eigenvalue weighted by Gasteiger charge is -2.27. The number of carbonyl (C=O) groups excluding carboxylic acids is 1. The van der Waals surface area contributed by atoms with E-state index >= 15 is 0 Å². The lowest BCUT2D eigenvalue weighted by atomic mass is 9.83. The molecule has 31 heavy (non-hydrogen) atoms. The van der Waals surface area contributed by atoms with E-state index in [9.17, 15) is 20.0 Å². The van der Waals surface area contributed by atoms with Gasteiger partial charge in [0.25, 0.3) is 5.70 Å². The molecule has 1 unspecified atom stereocenters. The van der Waals surface area contributed by atoms with Crippen molar-refractivity contribution in [1.29, 1.82) is 0 Å². The smallest absolute Gasteiger partial charge is 0.270 e. The summed E-state index contributed by atoms with van der Waals surface area (Å²) in [6, 6.07) is 8.11. The number of carbonyl (C=O) groups is 1. The Morgan fingerprint density at radius 3 is 2.71 bits per heavy atom. The second-order valence-electron chi connectivity index (χ2n) is 7.90. The van der Waals surface area contributed by atoms with Crippen LogP contribution < -0.4 is 4.90 Å². The molecular formula is C23H26N2O5S. The van der Waals surface area contributed by atoms with E-state index in [-0.39, 0.29) is 29.1 Å². The van der Waals surface area contributed by atoms with E-state index in [1.165, 1.54) is 18.2 Å². The van der Waals surface area contributed by atoms with Crippen molar-refractivity contribution in [2.45, 2.75) is 25.4 Å². The van der Waals surface area contributed by atoms with Gasteiger partial charge >= 0.3 is 0 Å². The van der Waals surface area contributed by atoms with Crippen LogP contribution in [0, 0.1) is 10.1 Å². The molecule has 0 aromatic heterocycles. The van der Waals surface area contributed by atoms with Gasteiger partial charge in [-0.25, -0.2) is 0 Å². The Morgan fingerprint density at radius 1 is 1.26 bits per heavy atom. The molecule has 0 saturated carbocycles. The Labute approximate surface area is 185 Å². The molecule has 2 aliphatic rings. The fourth-order valence-electron chi connectivity index (χ4n) is 3.76. The topological polar surface area (TPSA) is 104 Å². The molecule has 0 amide bonds. The van der Waals surface area contributed by atoms with Crippen LogP contribution in [0.15, 0.2) is 71.6 Å². The second kappa shape index (κ2) is 9.64. The molecule has 0 spiro atoms. The van der Waals surface area contributed by atoms with Gasteiger partial charge in [0.1, 0.15) is 0 Å². The predicted molar refractivity (Wildman–Crippen MR) is 123 cm³/mol. The van der Waals surface area contributed by atoms with Crippen LogP contribution in [0.5, 0.6) is 0 Å².